The molecule has 0 unspecified atom stereocenters. The SMILES string of the molecule is CCCCCC1=C(c2ccc(F)cc2)C(=O)CC1. The molecule has 1 aliphatic rings. The lowest BCUT2D eigenvalue weighted by atomic mass is 9.98. The Balaban J connectivity index is 2.22. The van der Waals surface area contributed by atoms with Crippen LogP contribution in [0.1, 0.15) is 51.0 Å². The fourth-order valence-electron chi connectivity index (χ4n) is 2.53. The van der Waals surface area contributed by atoms with E-state index in [1.807, 2.05) is 0 Å². The summed E-state index contributed by atoms with van der Waals surface area (Å²) in [7, 11) is 0. The minimum absolute atomic E-state index is 0.216. The molecule has 0 bridgehead atoms. The Hall–Kier alpha value is -1.44. The van der Waals surface area contributed by atoms with Crippen molar-refractivity contribution in [1.29, 1.82) is 0 Å². The number of carbonyl (C=O) groups is 1. The lowest BCUT2D eigenvalue weighted by molar-refractivity contribution is -0.113. The maximum absolute atomic E-state index is 12.9. The topological polar surface area (TPSA) is 17.1 Å². The van der Waals surface area contributed by atoms with Crippen molar-refractivity contribution in [3.8, 4) is 0 Å². The summed E-state index contributed by atoms with van der Waals surface area (Å²) in [5.74, 6) is -0.0366. The van der Waals surface area contributed by atoms with Crippen LogP contribution < -0.4 is 0 Å². The molecule has 0 atom stereocenters. The van der Waals surface area contributed by atoms with Crippen LogP contribution >= 0.6 is 0 Å². The summed E-state index contributed by atoms with van der Waals surface area (Å²) in [6.45, 7) is 2.18. The number of hydrogen-bond donors (Lipinski definition) is 0. The molecule has 0 saturated carbocycles. The van der Waals surface area contributed by atoms with Gasteiger partial charge < -0.3 is 0 Å². The van der Waals surface area contributed by atoms with Gasteiger partial charge in [0.1, 0.15) is 5.82 Å². The quantitative estimate of drug-likeness (QED) is 0.698. The molecule has 1 aromatic carbocycles. The summed E-state index contributed by atoms with van der Waals surface area (Å²) >= 11 is 0. The summed E-state index contributed by atoms with van der Waals surface area (Å²) < 4.78 is 12.9. The van der Waals surface area contributed by atoms with Crippen molar-refractivity contribution in [3.05, 3.63) is 41.2 Å². The smallest absolute Gasteiger partial charge is 0.163 e. The highest BCUT2D eigenvalue weighted by molar-refractivity contribution is 6.23. The summed E-state index contributed by atoms with van der Waals surface area (Å²) in [5.41, 5.74) is 3.00. The molecule has 1 aliphatic carbocycles. The van der Waals surface area contributed by atoms with Crippen LogP contribution in [0, 0.1) is 5.82 Å². The second-order valence-electron chi connectivity index (χ2n) is 4.87. The van der Waals surface area contributed by atoms with Crippen molar-refractivity contribution in [2.24, 2.45) is 0 Å². The van der Waals surface area contributed by atoms with Gasteiger partial charge in [0.2, 0.25) is 0 Å². The van der Waals surface area contributed by atoms with Gasteiger partial charge in [0.15, 0.2) is 5.78 Å². The van der Waals surface area contributed by atoms with E-state index in [4.69, 9.17) is 0 Å². The second-order valence-corrected chi connectivity index (χ2v) is 4.87. The van der Waals surface area contributed by atoms with Gasteiger partial charge in [0.05, 0.1) is 0 Å². The molecule has 96 valence electrons. The van der Waals surface area contributed by atoms with Crippen molar-refractivity contribution in [2.75, 3.05) is 0 Å². The van der Waals surface area contributed by atoms with Crippen LogP contribution in [0.15, 0.2) is 29.8 Å². The largest absolute Gasteiger partial charge is 0.294 e. The predicted octanol–water partition coefficient (Wildman–Crippen LogP) is 4.52. The zero-order valence-electron chi connectivity index (χ0n) is 10.8. The van der Waals surface area contributed by atoms with Crippen LogP contribution in [0.4, 0.5) is 4.39 Å². The first-order chi connectivity index (χ1) is 8.72. The lowest BCUT2D eigenvalue weighted by Crippen LogP contribution is -1.96. The number of halogens is 1. The lowest BCUT2D eigenvalue weighted by Gasteiger charge is -2.06. The van der Waals surface area contributed by atoms with E-state index >= 15 is 0 Å². The van der Waals surface area contributed by atoms with Crippen LogP contribution in [0.5, 0.6) is 0 Å². The highest BCUT2D eigenvalue weighted by Crippen LogP contribution is 2.34. The van der Waals surface area contributed by atoms with Gasteiger partial charge >= 0.3 is 0 Å². The molecule has 0 N–H and O–H groups in total. The Kier molecular flexibility index (Phi) is 4.29. The molecule has 0 aromatic heterocycles. The summed E-state index contributed by atoms with van der Waals surface area (Å²) in [5, 5.41) is 0. The van der Waals surface area contributed by atoms with Gasteiger partial charge in [-0.3, -0.25) is 4.79 Å². The molecule has 0 saturated heterocycles. The van der Waals surface area contributed by atoms with Crippen LogP contribution in [-0.2, 0) is 4.79 Å². The van der Waals surface area contributed by atoms with Gasteiger partial charge in [-0.1, -0.05) is 37.5 Å². The highest BCUT2D eigenvalue weighted by atomic mass is 19.1. The minimum Gasteiger partial charge on any atom is -0.294 e. The van der Waals surface area contributed by atoms with Gasteiger partial charge in [0.25, 0.3) is 0 Å². The number of hydrogen-bond acceptors (Lipinski definition) is 1. The average Bonchev–Trinajstić information content (AvgIpc) is 2.72. The number of carbonyl (C=O) groups excluding carboxylic acids is 1. The van der Waals surface area contributed by atoms with Crippen molar-refractivity contribution >= 4 is 11.4 Å². The summed E-state index contributed by atoms with van der Waals surface area (Å²) in [6, 6.07) is 6.29. The fourth-order valence-corrected chi connectivity index (χ4v) is 2.53. The molecule has 0 aliphatic heterocycles. The molecule has 0 amide bonds. The van der Waals surface area contributed by atoms with Crippen molar-refractivity contribution in [1.82, 2.24) is 0 Å². The molecule has 2 rings (SSSR count). The highest BCUT2D eigenvalue weighted by Gasteiger charge is 2.23. The van der Waals surface area contributed by atoms with E-state index in [-0.39, 0.29) is 11.6 Å². The zero-order valence-corrected chi connectivity index (χ0v) is 10.8. The average molecular weight is 246 g/mol. The third-order valence-electron chi connectivity index (χ3n) is 3.50. The normalized spacial score (nSPS) is 15.6. The monoisotopic (exact) mass is 246 g/mol. The molecular weight excluding hydrogens is 227 g/mol. The standard InChI is InChI=1S/C16H19FO/c1-2-3-4-5-12-8-11-15(18)16(12)13-6-9-14(17)10-7-13/h6-7,9-10H,2-5,8,11H2,1H3. The fraction of sp³-hybridized carbons (Fsp3) is 0.438. The third kappa shape index (κ3) is 2.87. The number of benzene rings is 1. The van der Waals surface area contributed by atoms with E-state index in [1.54, 1.807) is 12.1 Å². The van der Waals surface area contributed by atoms with Crippen molar-refractivity contribution < 1.29 is 9.18 Å². The molecule has 1 nitrogen and oxygen atoms in total. The van der Waals surface area contributed by atoms with Gasteiger partial charge in [-0.2, -0.15) is 0 Å². The maximum atomic E-state index is 12.9. The molecule has 2 heteroatoms. The number of allylic oxidation sites excluding steroid dienone is 2. The Labute approximate surface area is 108 Å². The van der Waals surface area contributed by atoms with E-state index < -0.39 is 0 Å². The van der Waals surface area contributed by atoms with E-state index in [9.17, 15) is 9.18 Å². The Morgan fingerprint density at radius 2 is 1.83 bits per heavy atom. The molecule has 0 radical (unpaired) electrons. The van der Waals surface area contributed by atoms with E-state index in [0.29, 0.717) is 6.42 Å². The number of ketones is 1. The number of unbranched alkanes of at least 4 members (excludes halogenated alkanes) is 2. The second kappa shape index (κ2) is 5.94. The van der Waals surface area contributed by atoms with Crippen molar-refractivity contribution in [2.45, 2.75) is 45.4 Å². The van der Waals surface area contributed by atoms with Gasteiger partial charge in [-0.25, -0.2) is 4.39 Å². The third-order valence-corrected chi connectivity index (χ3v) is 3.50. The first-order valence-electron chi connectivity index (χ1n) is 6.73. The molecule has 0 fully saturated rings. The van der Waals surface area contributed by atoms with Crippen LogP contribution in [-0.4, -0.2) is 5.78 Å². The zero-order chi connectivity index (χ0) is 13.0. The van der Waals surface area contributed by atoms with Crippen LogP contribution in [0.2, 0.25) is 0 Å². The van der Waals surface area contributed by atoms with Crippen LogP contribution in [0.25, 0.3) is 5.57 Å². The predicted molar refractivity (Wildman–Crippen MR) is 71.7 cm³/mol. The van der Waals surface area contributed by atoms with Gasteiger partial charge in [-0.15, -0.1) is 0 Å². The molecular formula is C16H19FO. The summed E-state index contributed by atoms with van der Waals surface area (Å²) in [4.78, 5) is 12.0. The van der Waals surface area contributed by atoms with Gasteiger partial charge in [-0.05, 0) is 37.0 Å². The van der Waals surface area contributed by atoms with Gasteiger partial charge in [0, 0.05) is 12.0 Å². The molecule has 18 heavy (non-hydrogen) atoms. The van der Waals surface area contributed by atoms with E-state index in [1.165, 1.54) is 30.5 Å². The Morgan fingerprint density at radius 3 is 2.50 bits per heavy atom. The van der Waals surface area contributed by atoms with E-state index in [2.05, 4.69) is 6.92 Å². The number of rotatable bonds is 5. The Bertz CT molecular complexity index is 456. The van der Waals surface area contributed by atoms with E-state index in [0.717, 1.165) is 30.4 Å². The molecule has 1 aromatic rings. The van der Waals surface area contributed by atoms with Crippen LogP contribution in [0.3, 0.4) is 0 Å². The molecule has 0 spiro atoms. The molecule has 0 heterocycles. The summed E-state index contributed by atoms with van der Waals surface area (Å²) in [6.07, 6.45) is 6.04. The Morgan fingerprint density at radius 1 is 1.11 bits per heavy atom. The maximum Gasteiger partial charge on any atom is 0.163 e. The van der Waals surface area contributed by atoms with Crippen molar-refractivity contribution in [3.63, 3.8) is 0 Å². The number of Topliss-reactive ketones (excluding diaryl/α,β-unsaturated/α-hetero) is 1. The minimum atomic E-state index is -0.252. The first-order valence-corrected chi connectivity index (χ1v) is 6.73. The first kappa shape index (κ1) is 13.0.